The second-order valence-corrected chi connectivity index (χ2v) is 5.85. The van der Waals surface area contributed by atoms with Crippen LogP contribution in [0.2, 0.25) is 0 Å². The molecule has 1 aliphatic carbocycles. The summed E-state index contributed by atoms with van der Waals surface area (Å²) >= 11 is 0. The fourth-order valence-corrected chi connectivity index (χ4v) is 3.62. The van der Waals surface area contributed by atoms with E-state index in [9.17, 15) is 9.90 Å². The van der Waals surface area contributed by atoms with Crippen molar-refractivity contribution in [3.05, 3.63) is 71.6 Å². The van der Waals surface area contributed by atoms with Crippen LogP contribution in [0, 0.1) is 5.92 Å². The second kappa shape index (κ2) is 4.98. The zero-order valence-electron chi connectivity index (χ0n) is 11.9. The first-order chi connectivity index (χ1) is 10.7. The van der Waals surface area contributed by atoms with Crippen LogP contribution in [0.3, 0.4) is 0 Å². The van der Waals surface area contributed by atoms with E-state index in [2.05, 4.69) is 22.5 Å². The number of anilines is 1. The molecule has 3 atom stereocenters. The molecule has 0 bridgehead atoms. The number of benzene rings is 1. The Balaban J connectivity index is 1.79. The molecule has 2 heterocycles. The van der Waals surface area contributed by atoms with Crippen molar-refractivity contribution in [2.24, 2.45) is 5.92 Å². The first-order valence-corrected chi connectivity index (χ1v) is 7.42. The van der Waals surface area contributed by atoms with Gasteiger partial charge in [-0.2, -0.15) is 0 Å². The maximum absolute atomic E-state index is 11.1. The van der Waals surface area contributed by atoms with E-state index in [0.717, 1.165) is 17.7 Å². The lowest BCUT2D eigenvalue weighted by Crippen LogP contribution is -2.30. The molecule has 1 aromatic carbocycles. The van der Waals surface area contributed by atoms with Gasteiger partial charge in [-0.05, 0) is 53.3 Å². The first kappa shape index (κ1) is 13.1. The van der Waals surface area contributed by atoms with E-state index < -0.39 is 5.97 Å². The summed E-state index contributed by atoms with van der Waals surface area (Å²) in [5.41, 5.74) is 3.50. The Labute approximate surface area is 128 Å². The molecule has 0 radical (unpaired) electrons. The molecule has 0 fully saturated rings. The van der Waals surface area contributed by atoms with Crippen LogP contribution in [0.5, 0.6) is 0 Å². The Morgan fingerprint density at radius 2 is 2.05 bits per heavy atom. The van der Waals surface area contributed by atoms with E-state index in [4.69, 9.17) is 0 Å². The van der Waals surface area contributed by atoms with Crippen molar-refractivity contribution in [3.63, 3.8) is 0 Å². The zero-order chi connectivity index (χ0) is 15.1. The van der Waals surface area contributed by atoms with Gasteiger partial charge >= 0.3 is 0 Å². The van der Waals surface area contributed by atoms with Crippen LogP contribution in [-0.2, 0) is 0 Å². The number of carboxylic acids is 1. The van der Waals surface area contributed by atoms with Crippen LogP contribution in [0.1, 0.15) is 39.9 Å². The standard InChI is InChI=1S/C18H16N2O2/c21-18(22)12-4-5-16-15(10-12)13-2-1-3-14(13)17(20-16)11-6-8-19-9-7-11/h1-2,4-10,13-14,17,20H,3H2,(H,21,22)/p-1/t13-,14-,17-/m0/s1. The predicted octanol–water partition coefficient (Wildman–Crippen LogP) is 2.27. The molecule has 4 heteroatoms. The summed E-state index contributed by atoms with van der Waals surface area (Å²) in [5, 5.41) is 14.7. The van der Waals surface area contributed by atoms with E-state index in [1.165, 1.54) is 5.56 Å². The fourth-order valence-electron chi connectivity index (χ4n) is 3.62. The first-order valence-electron chi connectivity index (χ1n) is 7.42. The number of fused-ring (bicyclic) bond motifs is 3. The number of pyridine rings is 1. The Bertz CT molecular complexity index is 755. The molecule has 22 heavy (non-hydrogen) atoms. The van der Waals surface area contributed by atoms with Crippen LogP contribution in [0.4, 0.5) is 5.69 Å². The number of rotatable bonds is 2. The molecule has 0 saturated heterocycles. The summed E-state index contributed by atoms with van der Waals surface area (Å²) in [7, 11) is 0. The number of nitrogens with zero attached hydrogens (tertiary/aromatic N) is 1. The van der Waals surface area contributed by atoms with Crippen LogP contribution >= 0.6 is 0 Å². The normalized spacial score (nSPS) is 25.2. The van der Waals surface area contributed by atoms with E-state index in [1.54, 1.807) is 12.1 Å². The van der Waals surface area contributed by atoms with Gasteiger partial charge in [0.15, 0.2) is 0 Å². The zero-order valence-corrected chi connectivity index (χ0v) is 11.9. The molecule has 0 spiro atoms. The summed E-state index contributed by atoms with van der Waals surface area (Å²) in [6.07, 6.45) is 8.98. The number of carbonyl (C=O) groups excluding carboxylic acids is 1. The van der Waals surface area contributed by atoms with Crippen LogP contribution in [-0.4, -0.2) is 11.0 Å². The molecular formula is C18H15N2O2-. The van der Waals surface area contributed by atoms with Gasteiger partial charge in [-0.15, -0.1) is 0 Å². The minimum Gasteiger partial charge on any atom is -0.545 e. The molecule has 1 N–H and O–H groups in total. The Hall–Kier alpha value is -2.62. The average Bonchev–Trinajstić information content (AvgIpc) is 3.04. The highest BCUT2D eigenvalue weighted by molar-refractivity contribution is 5.87. The molecule has 4 rings (SSSR count). The molecule has 0 saturated carbocycles. The van der Waals surface area contributed by atoms with E-state index in [1.807, 2.05) is 30.6 Å². The summed E-state index contributed by atoms with van der Waals surface area (Å²) in [6, 6.07) is 9.47. The van der Waals surface area contributed by atoms with Crippen molar-refractivity contribution in [3.8, 4) is 0 Å². The van der Waals surface area contributed by atoms with Crippen molar-refractivity contribution in [1.82, 2.24) is 4.98 Å². The largest absolute Gasteiger partial charge is 0.545 e. The summed E-state index contributed by atoms with van der Waals surface area (Å²) < 4.78 is 0. The van der Waals surface area contributed by atoms with Crippen molar-refractivity contribution in [2.75, 3.05) is 5.32 Å². The van der Waals surface area contributed by atoms with Crippen LogP contribution in [0.15, 0.2) is 54.9 Å². The molecular weight excluding hydrogens is 276 g/mol. The Morgan fingerprint density at radius 3 is 2.82 bits per heavy atom. The van der Waals surface area contributed by atoms with Gasteiger partial charge in [-0.3, -0.25) is 4.98 Å². The third kappa shape index (κ3) is 1.99. The maximum atomic E-state index is 11.1. The number of carbonyl (C=O) groups is 1. The minimum absolute atomic E-state index is 0.212. The number of nitrogens with one attached hydrogen (secondary N) is 1. The Kier molecular flexibility index (Phi) is 2.96. The summed E-state index contributed by atoms with van der Waals surface area (Å²) in [4.78, 5) is 15.2. The van der Waals surface area contributed by atoms with Gasteiger partial charge in [0.1, 0.15) is 0 Å². The molecule has 4 nitrogen and oxygen atoms in total. The Morgan fingerprint density at radius 1 is 1.23 bits per heavy atom. The molecule has 2 aliphatic rings. The quantitative estimate of drug-likeness (QED) is 0.862. The van der Waals surface area contributed by atoms with Gasteiger partial charge in [0.25, 0.3) is 0 Å². The predicted molar refractivity (Wildman–Crippen MR) is 81.4 cm³/mol. The van der Waals surface area contributed by atoms with E-state index in [0.29, 0.717) is 5.92 Å². The highest BCUT2D eigenvalue weighted by atomic mass is 16.4. The highest BCUT2D eigenvalue weighted by Crippen LogP contribution is 2.49. The molecule has 110 valence electrons. The topological polar surface area (TPSA) is 65.0 Å². The van der Waals surface area contributed by atoms with Gasteiger partial charge in [0.2, 0.25) is 0 Å². The number of aromatic nitrogens is 1. The maximum Gasteiger partial charge on any atom is 0.0715 e. The monoisotopic (exact) mass is 291 g/mol. The lowest BCUT2D eigenvalue weighted by atomic mass is 9.77. The van der Waals surface area contributed by atoms with Crippen LogP contribution in [0.25, 0.3) is 0 Å². The third-order valence-electron chi connectivity index (χ3n) is 4.66. The number of hydrogen-bond acceptors (Lipinski definition) is 4. The third-order valence-corrected chi connectivity index (χ3v) is 4.66. The second-order valence-electron chi connectivity index (χ2n) is 5.85. The summed E-state index contributed by atoms with van der Waals surface area (Å²) in [6.45, 7) is 0. The van der Waals surface area contributed by atoms with Crippen molar-refractivity contribution < 1.29 is 9.90 Å². The molecule has 1 aliphatic heterocycles. The summed E-state index contributed by atoms with van der Waals surface area (Å²) in [5.74, 6) is -0.488. The van der Waals surface area contributed by atoms with Gasteiger partial charge in [0, 0.05) is 24.0 Å². The fraction of sp³-hybridized carbons (Fsp3) is 0.222. The molecule has 0 unspecified atom stereocenters. The van der Waals surface area contributed by atoms with E-state index >= 15 is 0 Å². The average molecular weight is 291 g/mol. The van der Waals surface area contributed by atoms with E-state index in [-0.39, 0.29) is 17.5 Å². The molecule has 0 amide bonds. The number of aromatic carboxylic acids is 1. The van der Waals surface area contributed by atoms with Crippen molar-refractivity contribution in [1.29, 1.82) is 0 Å². The van der Waals surface area contributed by atoms with Gasteiger partial charge in [0.05, 0.1) is 12.0 Å². The minimum atomic E-state index is -1.13. The molecule has 1 aromatic heterocycles. The van der Waals surface area contributed by atoms with Crippen LogP contribution < -0.4 is 10.4 Å². The highest BCUT2D eigenvalue weighted by Gasteiger charge is 2.37. The smallest absolute Gasteiger partial charge is 0.0715 e. The number of allylic oxidation sites excluding steroid dienone is 2. The van der Waals surface area contributed by atoms with Gasteiger partial charge in [-0.25, -0.2) is 0 Å². The molecule has 2 aromatic rings. The lowest BCUT2D eigenvalue weighted by molar-refractivity contribution is -0.255. The van der Waals surface area contributed by atoms with Gasteiger partial charge < -0.3 is 15.2 Å². The lowest BCUT2D eigenvalue weighted by Gasteiger charge is -2.37. The number of hydrogen-bond donors (Lipinski definition) is 1. The van der Waals surface area contributed by atoms with Gasteiger partial charge in [-0.1, -0.05) is 18.2 Å². The SMILES string of the molecule is O=C([O-])c1ccc2c(c1)[C@H]1C=CC[C@@H]1[C@H](c1ccncc1)N2. The van der Waals surface area contributed by atoms with Crippen molar-refractivity contribution >= 4 is 11.7 Å². The number of carboxylic acid groups (broad SMARTS) is 1. The van der Waals surface area contributed by atoms with Crippen molar-refractivity contribution in [2.45, 2.75) is 18.4 Å².